The van der Waals surface area contributed by atoms with E-state index in [1.54, 1.807) is 69.3 Å². The van der Waals surface area contributed by atoms with E-state index in [0.717, 1.165) is 13.8 Å². The Morgan fingerprint density at radius 3 is 1.62 bits per heavy atom. The molecular formula is C35H40O12. The average molecular weight is 653 g/mol. The SMILES string of the molecule is CC(=O)O[C@H]1[C@H](OC(=O)c2ccccc2)[C@]2(C)[C@@H](OC(=O)c3ccccc3)C[C@@H]3[C@@H](OC(C)=O)[C@]2(OC3(C)C)[C@@](C)(O)[C@H]1OC(C)=O. The van der Waals surface area contributed by atoms with Gasteiger partial charge in [-0.2, -0.15) is 0 Å². The summed E-state index contributed by atoms with van der Waals surface area (Å²) in [7, 11) is 0. The molecule has 2 saturated carbocycles. The van der Waals surface area contributed by atoms with Gasteiger partial charge in [0, 0.05) is 26.7 Å². The van der Waals surface area contributed by atoms with Crippen LogP contribution in [0, 0.1) is 11.3 Å². The molecule has 12 nitrogen and oxygen atoms in total. The van der Waals surface area contributed by atoms with Crippen LogP contribution < -0.4 is 0 Å². The van der Waals surface area contributed by atoms with E-state index >= 15 is 0 Å². The average Bonchev–Trinajstić information content (AvgIpc) is 3.18. The highest BCUT2D eigenvalue weighted by atomic mass is 16.7. The number of fused-ring (bicyclic) bond motifs is 1. The molecule has 2 bridgehead atoms. The first-order valence-corrected chi connectivity index (χ1v) is 15.4. The number of carbonyl (C=O) groups is 5. The lowest BCUT2D eigenvalue weighted by Gasteiger charge is -2.66. The number of carbonyl (C=O) groups excluding carboxylic acids is 5. The second-order valence-electron chi connectivity index (χ2n) is 13.3. The predicted molar refractivity (Wildman–Crippen MR) is 163 cm³/mol. The van der Waals surface area contributed by atoms with Crippen LogP contribution in [0.5, 0.6) is 0 Å². The Labute approximate surface area is 272 Å². The smallest absolute Gasteiger partial charge is 0.338 e. The van der Waals surface area contributed by atoms with E-state index < -0.39 is 88.5 Å². The highest BCUT2D eigenvalue weighted by Gasteiger charge is 2.87. The molecule has 1 aliphatic heterocycles. The maximum Gasteiger partial charge on any atom is 0.338 e. The van der Waals surface area contributed by atoms with Crippen molar-refractivity contribution in [1.82, 2.24) is 0 Å². The first kappa shape index (κ1) is 34.1. The van der Waals surface area contributed by atoms with Crippen LogP contribution in [0.1, 0.15) is 75.6 Å². The highest BCUT2D eigenvalue weighted by molar-refractivity contribution is 5.90. The van der Waals surface area contributed by atoms with Crippen LogP contribution in [0.25, 0.3) is 0 Å². The number of ether oxygens (including phenoxy) is 6. The summed E-state index contributed by atoms with van der Waals surface area (Å²) in [4.78, 5) is 65.5. The third-order valence-electron chi connectivity index (χ3n) is 9.90. The van der Waals surface area contributed by atoms with E-state index in [9.17, 15) is 29.1 Å². The fourth-order valence-electron chi connectivity index (χ4n) is 8.01. The van der Waals surface area contributed by atoms with Crippen LogP contribution in [0.2, 0.25) is 0 Å². The first-order chi connectivity index (χ1) is 22.0. The number of aliphatic hydroxyl groups is 1. The summed E-state index contributed by atoms with van der Waals surface area (Å²) >= 11 is 0. The quantitative estimate of drug-likeness (QED) is 0.343. The van der Waals surface area contributed by atoms with Crippen LogP contribution in [-0.4, -0.2) is 82.3 Å². The summed E-state index contributed by atoms with van der Waals surface area (Å²) in [6, 6.07) is 16.2. The second-order valence-corrected chi connectivity index (χ2v) is 13.3. The monoisotopic (exact) mass is 652 g/mol. The molecule has 0 unspecified atom stereocenters. The maximum atomic E-state index is 13.8. The number of hydrogen-bond donors (Lipinski definition) is 1. The number of hydrogen-bond acceptors (Lipinski definition) is 12. The molecule has 1 spiro atoms. The lowest BCUT2D eigenvalue weighted by Crippen LogP contribution is -2.86. The van der Waals surface area contributed by atoms with E-state index in [1.807, 2.05) is 0 Å². The lowest BCUT2D eigenvalue weighted by atomic mass is 9.46. The van der Waals surface area contributed by atoms with E-state index in [4.69, 9.17) is 28.4 Å². The summed E-state index contributed by atoms with van der Waals surface area (Å²) in [6.45, 7) is 9.80. The second kappa shape index (κ2) is 12.1. The van der Waals surface area contributed by atoms with Crippen molar-refractivity contribution in [2.24, 2.45) is 11.3 Å². The zero-order valence-electron chi connectivity index (χ0n) is 27.4. The molecule has 1 N–H and O–H groups in total. The Morgan fingerprint density at radius 1 is 0.660 bits per heavy atom. The van der Waals surface area contributed by atoms with Crippen LogP contribution in [-0.2, 0) is 42.8 Å². The summed E-state index contributed by atoms with van der Waals surface area (Å²) in [6.07, 6.45) is -7.31. The summed E-state index contributed by atoms with van der Waals surface area (Å²) < 4.78 is 36.7. The van der Waals surface area contributed by atoms with Gasteiger partial charge < -0.3 is 33.5 Å². The van der Waals surface area contributed by atoms with Gasteiger partial charge in [0.05, 0.1) is 22.1 Å². The van der Waals surface area contributed by atoms with Crippen molar-refractivity contribution in [1.29, 1.82) is 0 Å². The van der Waals surface area contributed by atoms with Crippen LogP contribution in [0.4, 0.5) is 0 Å². The van der Waals surface area contributed by atoms with E-state index in [0.29, 0.717) is 0 Å². The molecule has 252 valence electrons. The minimum absolute atomic E-state index is 0.0300. The van der Waals surface area contributed by atoms with Gasteiger partial charge in [0.1, 0.15) is 17.8 Å². The van der Waals surface area contributed by atoms with Crippen molar-refractivity contribution in [3.63, 3.8) is 0 Å². The molecule has 0 amide bonds. The molecule has 2 aromatic carbocycles. The molecular weight excluding hydrogens is 612 g/mol. The third kappa shape index (κ3) is 5.46. The van der Waals surface area contributed by atoms with E-state index in [-0.39, 0.29) is 17.5 Å². The molecule has 0 aromatic heterocycles. The van der Waals surface area contributed by atoms with E-state index in [2.05, 4.69) is 0 Å². The van der Waals surface area contributed by atoms with Gasteiger partial charge in [0.25, 0.3) is 0 Å². The fourth-order valence-corrected chi connectivity index (χ4v) is 8.01. The molecule has 9 atom stereocenters. The Balaban J connectivity index is 1.80. The largest absolute Gasteiger partial charge is 0.459 e. The molecule has 12 heteroatoms. The van der Waals surface area contributed by atoms with Gasteiger partial charge in [-0.3, -0.25) is 14.4 Å². The van der Waals surface area contributed by atoms with Gasteiger partial charge in [-0.25, -0.2) is 9.59 Å². The number of esters is 5. The lowest BCUT2D eigenvalue weighted by molar-refractivity contribution is -0.368. The number of rotatable bonds is 7. The van der Waals surface area contributed by atoms with E-state index in [1.165, 1.54) is 26.0 Å². The third-order valence-corrected chi connectivity index (χ3v) is 9.90. The van der Waals surface area contributed by atoms with Gasteiger partial charge in [-0.15, -0.1) is 0 Å². The zero-order chi connectivity index (χ0) is 34.5. The normalized spacial score (nSPS) is 35.1. The molecule has 3 aliphatic rings. The van der Waals surface area contributed by atoms with Gasteiger partial charge >= 0.3 is 29.8 Å². The van der Waals surface area contributed by atoms with Gasteiger partial charge in [-0.1, -0.05) is 36.4 Å². The maximum absolute atomic E-state index is 13.8. The highest BCUT2D eigenvalue weighted by Crippen LogP contribution is 2.69. The Kier molecular flexibility index (Phi) is 8.74. The van der Waals surface area contributed by atoms with Crippen molar-refractivity contribution in [2.75, 3.05) is 0 Å². The molecule has 5 rings (SSSR count). The van der Waals surface area contributed by atoms with Crippen LogP contribution in [0.15, 0.2) is 60.7 Å². The Morgan fingerprint density at radius 2 is 1.13 bits per heavy atom. The summed E-state index contributed by atoms with van der Waals surface area (Å²) in [5.74, 6) is -4.60. The van der Waals surface area contributed by atoms with Crippen molar-refractivity contribution in [3.8, 4) is 0 Å². The standard InChI is InChI=1S/C35H40O12/c1-19(36)42-26-28(46-31(40)23-16-12-9-13-17-23)33(6)25(45-30(39)22-14-10-8-11-15-22)18-24-27(43-20(2)37)35(33,47-32(24,4)5)34(7,41)29(26)44-21(3)38/h8-17,24-29,41H,18H2,1-7H3/t24-,25+,26+,27-,28+,29+,33+,34+,35-/m1/s1. The van der Waals surface area contributed by atoms with Crippen molar-refractivity contribution < 1.29 is 57.5 Å². The van der Waals surface area contributed by atoms with Gasteiger partial charge in [0.2, 0.25) is 0 Å². The van der Waals surface area contributed by atoms with Crippen LogP contribution in [0.3, 0.4) is 0 Å². The van der Waals surface area contributed by atoms with Gasteiger partial charge in [0.15, 0.2) is 23.9 Å². The van der Waals surface area contributed by atoms with Crippen LogP contribution >= 0.6 is 0 Å². The number of benzene rings is 2. The van der Waals surface area contributed by atoms with Gasteiger partial charge in [-0.05, 0) is 58.4 Å². The fraction of sp³-hybridized carbons (Fsp3) is 0.514. The van der Waals surface area contributed by atoms with Crippen molar-refractivity contribution >= 4 is 29.8 Å². The molecule has 0 radical (unpaired) electrons. The minimum Gasteiger partial charge on any atom is -0.459 e. The predicted octanol–water partition coefficient (Wildman–Crippen LogP) is 3.57. The molecule has 3 fully saturated rings. The zero-order valence-corrected chi connectivity index (χ0v) is 27.4. The first-order valence-electron chi connectivity index (χ1n) is 15.4. The molecule has 2 aromatic rings. The van der Waals surface area contributed by atoms with Crippen molar-refractivity contribution in [3.05, 3.63) is 71.8 Å². The Hall–Kier alpha value is -4.29. The molecule has 47 heavy (non-hydrogen) atoms. The molecule has 1 saturated heterocycles. The topological polar surface area (TPSA) is 161 Å². The minimum atomic E-state index is -2.31. The Bertz CT molecular complexity index is 1550. The molecule has 1 heterocycles. The summed E-state index contributed by atoms with van der Waals surface area (Å²) in [5, 5.41) is 12.8. The molecule has 2 aliphatic carbocycles. The van der Waals surface area contributed by atoms with Crippen molar-refractivity contribution in [2.45, 2.75) is 102 Å². The summed E-state index contributed by atoms with van der Waals surface area (Å²) in [5.41, 5.74) is -6.96.